The Morgan fingerprint density at radius 1 is 0.625 bits per heavy atom. The molecular weight excluding hydrogens is 772 g/mol. The topological polar surface area (TPSA) is 55.9 Å². The van der Waals surface area contributed by atoms with Crippen molar-refractivity contribution in [1.82, 2.24) is 19.1 Å². The van der Waals surface area contributed by atoms with Crippen LogP contribution in [-0.4, -0.2) is 24.2 Å². The van der Waals surface area contributed by atoms with Crippen molar-refractivity contribution >= 4 is 43.9 Å². The average Bonchev–Trinajstić information content (AvgIpc) is 3.56. The summed E-state index contributed by atoms with van der Waals surface area (Å²) in [6, 6.07) is 40.7. The molecule has 8 rings (SSSR count). The fourth-order valence-corrected chi connectivity index (χ4v) is 6.84. The Hall–Kier alpha value is -4.73. The van der Waals surface area contributed by atoms with Gasteiger partial charge >= 0.3 is 0 Å². The Morgan fingerprint density at radius 3 is 2.00 bits per heavy atom. The molecule has 6 heteroatoms. The van der Waals surface area contributed by atoms with Gasteiger partial charge in [0.15, 0.2) is 0 Å². The average molecular weight is 809 g/mol. The maximum Gasteiger partial charge on any atom is 0.147 e. The molecule has 4 aromatic carbocycles. The van der Waals surface area contributed by atoms with Gasteiger partial charge in [0.1, 0.15) is 22.9 Å². The van der Waals surface area contributed by atoms with Gasteiger partial charge in [-0.3, -0.25) is 4.57 Å². The van der Waals surface area contributed by atoms with Gasteiger partial charge in [-0.2, -0.15) is 24.3 Å². The summed E-state index contributed by atoms with van der Waals surface area (Å²) in [5.74, 6) is 1.01. The second kappa shape index (κ2) is 11.5. The number of fused-ring (bicyclic) bond motifs is 6. The van der Waals surface area contributed by atoms with Crippen LogP contribution in [0.4, 0.5) is 0 Å². The molecule has 0 aliphatic heterocycles. The smallest absolute Gasteiger partial charge is 0.147 e. The van der Waals surface area contributed by atoms with Crippen LogP contribution in [0.3, 0.4) is 0 Å². The van der Waals surface area contributed by atoms with E-state index in [0.717, 1.165) is 66.8 Å². The molecule has 1 N–H and O–H groups in total. The zero-order valence-corrected chi connectivity index (χ0v) is 30.2. The van der Waals surface area contributed by atoms with E-state index < -0.39 is 0 Å². The molecule has 48 heavy (non-hydrogen) atoms. The van der Waals surface area contributed by atoms with Gasteiger partial charge in [-0.1, -0.05) is 89.7 Å². The van der Waals surface area contributed by atoms with E-state index in [1.807, 2.05) is 30.3 Å². The number of para-hydroxylation sites is 3. The van der Waals surface area contributed by atoms with Gasteiger partial charge < -0.3 is 9.67 Å². The second-order valence-corrected chi connectivity index (χ2v) is 14.5. The zero-order valence-electron chi connectivity index (χ0n) is 27.9. The number of hydrogen-bond donors (Lipinski definition) is 1. The molecule has 0 atom stereocenters. The predicted octanol–water partition coefficient (Wildman–Crippen LogP) is 10.4. The van der Waals surface area contributed by atoms with Gasteiger partial charge in [-0.25, -0.2) is 9.97 Å². The molecule has 4 aromatic heterocycles. The van der Waals surface area contributed by atoms with Crippen molar-refractivity contribution in [2.24, 2.45) is 0 Å². The molecule has 0 saturated heterocycles. The van der Waals surface area contributed by atoms with E-state index >= 15 is 0 Å². The Bertz CT molecular complexity index is 2490. The second-order valence-electron chi connectivity index (χ2n) is 14.5. The standard InChI is InChI=1S/C42H37N4O.Pt/c1-41(2,3)26-20-23-36(47)31(24-26)33-22-21-29-28-16-10-12-18-34(28)46(39(29)43-33)37-25-32(42(4,5)6)38-30-17-11-13-19-35(30)45(40(38)44-37)27-14-8-7-9-15-27;/h7-14,16-25,47H,1-6H3;/q-1;. The molecular formula is C42H37N4OPt-. The molecule has 0 bridgehead atoms. The van der Waals surface area contributed by atoms with Gasteiger partial charge in [0.05, 0.1) is 16.7 Å². The number of aromatic nitrogens is 4. The van der Waals surface area contributed by atoms with E-state index in [4.69, 9.17) is 9.97 Å². The minimum atomic E-state index is -0.179. The van der Waals surface area contributed by atoms with Crippen LogP contribution in [0.1, 0.15) is 52.7 Å². The molecule has 0 amide bonds. The number of nitrogens with zero attached hydrogens (tertiary/aromatic N) is 4. The summed E-state index contributed by atoms with van der Waals surface area (Å²) in [6.07, 6.45) is 0. The third kappa shape index (κ3) is 5.04. The van der Waals surface area contributed by atoms with Crippen LogP contribution in [0, 0.1) is 6.07 Å². The molecule has 5 nitrogen and oxygen atoms in total. The van der Waals surface area contributed by atoms with Crippen molar-refractivity contribution < 1.29 is 26.2 Å². The van der Waals surface area contributed by atoms with Crippen molar-refractivity contribution in [3.63, 3.8) is 0 Å². The summed E-state index contributed by atoms with van der Waals surface area (Å²) in [5.41, 5.74) is 8.28. The van der Waals surface area contributed by atoms with Gasteiger partial charge in [0.25, 0.3) is 0 Å². The fourth-order valence-electron chi connectivity index (χ4n) is 6.84. The molecule has 0 aliphatic rings. The quantitative estimate of drug-likeness (QED) is 0.181. The van der Waals surface area contributed by atoms with Gasteiger partial charge in [0.2, 0.25) is 0 Å². The van der Waals surface area contributed by atoms with E-state index in [0.29, 0.717) is 0 Å². The first-order chi connectivity index (χ1) is 22.5. The Morgan fingerprint density at radius 2 is 1.31 bits per heavy atom. The number of hydrogen-bond acceptors (Lipinski definition) is 3. The van der Waals surface area contributed by atoms with E-state index in [1.54, 1.807) is 6.07 Å². The molecule has 0 radical (unpaired) electrons. The predicted molar refractivity (Wildman–Crippen MR) is 194 cm³/mol. The maximum atomic E-state index is 11.0. The summed E-state index contributed by atoms with van der Waals surface area (Å²) >= 11 is 0. The number of phenols is 1. The van der Waals surface area contributed by atoms with Crippen LogP contribution in [0.25, 0.3) is 66.6 Å². The molecule has 242 valence electrons. The largest absolute Gasteiger partial charge is 0.507 e. The van der Waals surface area contributed by atoms with Gasteiger partial charge in [0, 0.05) is 48.2 Å². The van der Waals surface area contributed by atoms with Gasteiger partial charge in [-0.15, -0.1) is 6.07 Å². The number of pyridine rings is 2. The summed E-state index contributed by atoms with van der Waals surface area (Å²) in [4.78, 5) is 10.8. The molecule has 8 aromatic rings. The van der Waals surface area contributed by atoms with Crippen molar-refractivity contribution in [3.8, 4) is 28.5 Å². The Labute approximate surface area is 295 Å². The fraction of sp³-hybridized carbons (Fsp3) is 0.190. The number of aromatic hydroxyl groups is 1. The van der Waals surface area contributed by atoms with E-state index in [-0.39, 0.29) is 37.6 Å². The van der Waals surface area contributed by atoms with Crippen molar-refractivity contribution in [2.75, 3.05) is 0 Å². The molecule has 0 aliphatic carbocycles. The van der Waals surface area contributed by atoms with Gasteiger partial charge in [-0.05, 0) is 64.4 Å². The van der Waals surface area contributed by atoms with Crippen molar-refractivity contribution in [2.45, 2.75) is 52.4 Å². The molecule has 0 unspecified atom stereocenters. The van der Waals surface area contributed by atoms with Crippen LogP contribution in [0.5, 0.6) is 5.75 Å². The van der Waals surface area contributed by atoms with Crippen LogP contribution < -0.4 is 0 Å². The number of rotatable bonds is 3. The first-order valence-electron chi connectivity index (χ1n) is 16.2. The Balaban J connectivity index is 0.00000364. The minimum Gasteiger partial charge on any atom is -0.507 e. The minimum absolute atomic E-state index is 0. The molecule has 4 heterocycles. The molecule has 0 saturated carbocycles. The van der Waals surface area contributed by atoms with Crippen molar-refractivity contribution in [1.29, 1.82) is 0 Å². The van der Waals surface area contributed by atoms with Crippen LogP contribution in [0.2, 0.25) is 0 Å². The summed E-state index contributed by atoms with van der Waals surface area (Å²) in [7, 11) is 0. The van der Waals surface area contributed by atoms with Crippen LogP contribution >= 0.6 is 0 Å². The third-order valence-corrected chi connectivity index (χ3v) is 9.24. The zero-order chi connectivity index (χ0) is 32.7. The van der Waals surface area contributed by atoms with E-state index in [9.17, 15) is 5.11 Å². The Kier molecular flexibility index (Phi) is 7.60. The third-order valence-electron chi connectivity index (χ3n) is 9.24. The number of benzene rings is 4. The normalized spacial score (nSPS) is 12.3. The summed E-state index contributed by atoms with van der Waals surface area (Å²) < 4.78 is 4.41. The number of phenolic OH excluding ortho intramolecular Hbond substituents is 1. The first kappa shape index (κ1) is 31.8. The van der Waals surface area contributed by atoms with E-state index in [1.165, 1.54) is 10.9 Å². The van der Waals surface area contributed by atoms with Crippen LogP contribution in [0.15, 0.2) is 109 Å². The molecule has 0 fully saturated rings. The summed E-state index contributed by atoms with van der Waals surface area (Å²) in [6.45, 7) is 13.3. The van der Waals surface area contributed by atoms with Crippen molar-refractivity contribution in [3.05, 3.63) is 126 Å². The molecule has 0 spiro atoms. The van der Waals surface area contributed by atoms with Crippen LogP contribution in [-0.2, 0) is 31.9 Å². The summed E-state index contributed by atoms with van der Waals surface area (Å²) in [5, 5.41) is 15.5. The monoisotopic (exact) mass is 808 g/mol. The SMILES string of the molecule is CC(C)(C)c1ccc(O)c(-c2ccc3c4ccccc4n(-c4cc(C(C)(C)C)c5c6ccccc6n(-c6[c-]cccc6)c5n4)c3n2)c1.[Pt]. The maximum absolute atomic E-state index is 11.0. The first-order valence-corrected chi connectivity index (χ1v) is 16.2. The van der Waals surface area contributed by atoms with E-state index in [2.05, 4.69) is 130 Å².